The van der Waals surface area contributed by atoms with Crippen molar-refractivity contribution in [3.05, 3.63) is 55.0 Å². The minimum atomic E-state index is 0. The van der Waals surface area contributed by atoms with E-state index in [2.05, 4.69) is 32.3 Å². The predicted octanol–water partition coefficient (Wildman–Crippen LogP) is 2.13. The molecule has 0 saturated carbocycles. The lowest BCUT2D eigenvalue weighted by Crippen LogP contribution is -2.37. The number of nitrogens with zero attached hydrogens (tertiary/aromatic N) is 4. The van der Waals surface area contributed by atoms with Crippen LogP contribution in [0.4, 0.5) is 0 Å². The number of pyridine rings is 1. The summed E-state index contributed by atoms with van der Waals surface area (Å²) < 4.78 is 1.73. The van der Waals surface area contributed by atoms with Crippen molar-refractivity contribution in [2.75, 3.05) is 13.1 Å². The summed E-state index contributed by atoms with van der Waals surface area (Å²) in [5, 5.41) is 10.5. The van der Waals surface area contributed by atoms with Crippen LogP contribution in [-0.2, 0) is 6.54 Å². The summed E-state index contributed by atoms with van der Waals surface area (Å²) in [5.74, 6) is 1.56. The zero-order valence-corrected chi connectivity index (χ0v) is 14.9. The fraction of sp³-hybridized carbons (Fsp3) is 0.267. The maximum atomic E-state index is 4.53. The quantitative estimate of drug-likeness (QED) is 0.330. The first-order chi connectivity index (χ1) is 10.3. The molecule has 0 unspecified atom stereocenters. The van der Waals surface area contributed by atoms with E-state index in [1.807, 2.05) is 31.3 Å². The summed E-state index contributed by atoms with van der Waals surface area (Å²) in [4.78, 5) is 8.84. The smallest absolute Gasteiger partial charge is 0.191 e. The number of hydrogen-bond donors (Lipinski definition) is 2. The number of nitrogens with one attached hydrogen (secondary N) is 2. The molecular weight excluding hydrogens is 391 g/mol. The average molecular weight is 412 g/mol. The molecule has 6 nitrogen and oxygen atoms in total. The van der Waals surface area contributed by atoms with Crippen molar-refractivity contribution >= 4 is 29.9 Å². The molecule has 7 heteroatoms. The summed E-state index contributed by atoms with van der Waals surface area (Å²) >= 11 is 0. The van der Waals surface area contributed by atoms with Gasteiger partial charge in [0, 0.05) is 31.7 Å². The fourth-order valence-corrected chi connectivity index (χ4v) is 1.77. The molecule has 0 aliphatic rings. The summed E-state index contributed by atoms with van der Waals surface area (Å²) in [6.07, 6.45) is 7.17. The second-order valence-corrected chi connectivity index (χ2v) is 4.34. The molecule has 2 heterocycles. The molecule has 0 bridgehead atoms. The second kappa shape index (κ2) is 9.93. The first kappa shape index (κ1) is 18.1. The van der Waals surface area contributed by atoms with Gasteiger partial charge in [-0.3, -0.25) is 0 Å². The van der Waals surface area contributed by atoms with Crippen LogP contribution in [-0.4, -0.2) is 33.8 Å². The average Bonchev–Trinajstić information content (AvgIpc) is 3.05. The van der Waals surface area contributed by atoms with Gasteiger partial charge in [0.15, 0.2) is 11.8 Å². The van der Waals surface area contributed by atoms with Gasteiger partial charge in [0.1, 0.15) is 0 Å². The Morgan fingerprint density at radius 3 is 2.95 bits per heavy atom. The summed E-state index contributed by atoms with van der Waals surface area (Å²) in [6, 6.07) is 5.80. The third kappa shape index (κ3) is 5.47. The van der Waals surface area contributed by atoms with Crippen LogP contribution in [0.15, 0.2) is 54.4 Å². The van der Waals surface area contributed by atoms with Gasteiger partial charge in [-0.1, -0.05) is 6.08 Å². The van der Waals surface area contributed by atoms with Gasteiger partial charge in [-0.15, -0.1) is 30.6 Å². The number of rotatable bonds is 6. The lowest BCUT2D eigenvalue weighted by Gasteiger charge is -2.09. The Hall–Kier alpha value is -1.90. The van der Waals surface area contributed by atoms with Crippen molar-refractivity contribution in [2.45, 2.75) is 13.5 Å². The molecule has 0 saturated heterocycles. The van der Waals surface area contributed by atoms with Gasteiger partial charge in [-0.2, -0.15) is 5.10 Å². The van der Waals surface area contributed by atoms with Crippen LogP contribution < -0.4 is 10.6 Å². The van der Waals surface area contributed by atoms with Crippen LogP contribution in [0.1, 0.15) is 12.5 Å². The van der Waals surface area contributed by atoms with Crippen molar-refractivity contribution in [3.8, 4) is 5.82 Å². The molecule has 2 N–H and O–H groups in total. The first-order valence-corrected chi connectivity index (χ1v) is 6.91. The lowest BCUT2D eigenvalue weighted by atomic mass is 10.2. The van der Waals surface area contributed by atoms with Gasteiger partial charge >= 0.3 is 0 Å². The SMILES string of the molecule is C=CCNC(=NCc1ccnc(-n2cccn2)c1)NCC.I. The van der Waals surface area contributed by atoms with E-state index in [4.69, 9.17) is 0 Å². The van der Waals surface area contributed by atoms with Crippen LogP contribution in [0.2, 0.25) is 0 Å². The Kier molecular flexibility index (Phi) is 8.19. The van der Waals surface area contributed by atoms with E-state index in [1.54, 1.807) is 23.2 Å². The van der Waals surface area contributed by atoms with Gasteiger partial charge < -0.3 is 10.6 Å². The van der Waals surface area contributed by atoms with Crippen LogP contribution in [0.3, 0.4) is 0 Å². The zero-order chi connectivity index (χ0) is 14.9. The van der Waals surface area contributed by atoms with Crippen molar-refractivity contribution in [2.24, 2.45) is 4.99 Å². The molecule has 0 spiro atoms. The molecule has 0 fully saturated rings. The first-order valence-electron chi connectivity index (χ1n) is 6.91. The Morgan fingerprint density at radius 2 is 2.27 bits per heavy atom. The molecule has 2 aromatic rings. The van der Waals surface area contributed by atoms with Gasteiger partial charge in [0.2, 0.25) is 0 Å². The van der Waals surface area contributed by atoms with Crippen molar-refractivity contribution < 1.29 is 0 Å². The van der Waals surface area contributed by atoms with Crippen molar-refractivity contribution in [1.29, 1.82) is 0 Å². The highest BCUT2D eigenvalue weighted by Gasteiger charge is 2.00. The summed E-state index contributed by atoms with van der Waals surface area (Å²) in [6.45, 7) is 7.79. The van der Waals surface area contributed by atoms with Gasteiger partial charge in [-0.25, -0.2) is 14.7 Å². The molecule has 0 aliphatic heterocycles. The Balaban J connectivity index is 0.00000242. The second-order valence-electron chi connectivity index (χ2n) is 4.34. The topological polar surface area (TPSA) is 67.1 Å². The Labute approximate surface area is 147 Å². The standard InChI is InChI=1S/C15H20N6.HI/c1-3-7-18-15(16-4-2)19-12-13-6-9-17-14(11-13)21-10-5-8-20-21;/h3,5-6,8-11H,1,4,7,12H2,2H3,(H2,16,18,19);1H. The molecule has 0 atom stereocenters. The molecule has 0 radical (unpaired) electrons. The van der Waals surface area contributed by atoms with E-state index < -0.39 is 0 Å². The van der Waals surface area contributed by atoms with Gasteiger partial charge in [0.05, 0.1) is 6.54 Å². The van der Waals surface area contributed by atoms with Crippen LogP contribution in [0.5, 0.6) is 0 Å². The maximum absolute atomic E-state index is 4.53. The van der Waals surface area contributed by atoms with E-state index >= 15 is 0 Å². The number of guanidine groups is 1. The van der Waals surface area contributed by atoms with Crippen molar-refractivity contribution in [1.82, 2.24) is 25.4 Å². The molecule has 0 aliphatic carbocycles. The molecule has 2 rings (SSSR count). The lowest BCUT2D eigenvalue weighted by molar-refractivity contribution is 0.836. The Morgan fingerprint density at radius 1 is 1.41 bits per heavy atom. The highest BCUT2D eigenvalue weighted by Crippen LogP contribution is 2.07. The summed E-state index contributed by atoms with van der Waals surface area (Å²) in [5.41, 5.74) is 1.08. The molecular formula is C15H21IN6. The van der Waals surface area contributed by atoms with Gasteiger partial charge in [-0.05, 0) is 30.7 Å². The van der Waals surface area contributed by atoms with E-state index in [0.29, 0.717) is 13.1 Å². The number of halogens is 1. The van der Waals surface area contributed by atoms with Gasteiger partial charge in [0.25, 0.3) is 0 Å². The molecule has 2 aromatic heterocycles. The van der Waals surface area contributed by atoms with E-state index in [0.717, 1.165) is 23.9 Å². The highest BCUT2D eigenvalue weighted by molar-refractivity contribution is 14.0. The third-order valence-corrected chi connectivity index (χ3v) is 2.73. The van der Waals surface area contributed by atoms with E-state index in [1.165, 1.54) is 0 Å². The number of aliphatic imine (C=N–C) groups is 1. The minimum Gasteiger partial charge on any atom is -0.357 e. The number of hydrogen-bond acceptors (Lipinski definition) is 3. The summed E-state index contributed by atoms with van der Waals surface area (Å²) in [7, 11) is 0. The normalized spacial score (nSPS) is 10.7. The predicted molar refractivity (Wildman–Crippen MR) is 99.8 cm³/mol. The Bertz CT molecular complexity index is 594. The maximum Gasteiger partial charge on any atom is 0.191 e. The largest absolute Gasteiger partial charge is 0.357 e. The molecule has 118 valence electrons. The zero-order valence-electron chi connectivity index (χ0n) is 12.6. The minimum absolute atomic E-state index is 0. The van der Waals surface area contributed by atoms with Crippen LogP contribution in [0, 0.1) is 0 Å². The monoisotopic (exact) mass is 412 g/mol. The van der Waals surface area contributed by atoms with E-state index in [-0.39, 0.29) is 24.0 Å². The molecule has 22 heavy (non-hydrogen) atoms. The molecule has 0 amide bonds. The third-order valence-electron chi connectivity index (χ3n) is 2.73. The van der Waals surface area contributed by atoms with E-state index in [9.17, 15) is 0 Å². The van der Waals surface area contributed by atoms with Crippen LogP contribution in [0.25, 0.3) is 5.82 Å². The fourth-order valence-electron chi connectivity index (χ4n) is 1.77. The van der Waals surface area contributed by atoms with Crippen LogP contribution >= 0.6 is 24.0 Å². The highest BCUT2D eigenvalue weighted by atomic mass is 127. The number of aromatic nitrogens is 3. The van der Waals surface area contributed by atoms with Crippen molar-refractivity contribution in [3.63, 3.8) is 0 Å². The molecule has 0 aromatic carbocycles.